The molecule has 0 fully saturated rings. The fourth-order valence-corrected chi connectivity index (χ4v) is 2.04. The van der Waals surface area contributed by atoms with Crippen LogP contribution in [-0.4, -0.2) is 30.0 Å². The van der Waals surface area contributed by atoms with Crippen LogP contribution in [0.2, 0.25) is 0 Å². The lowest BCUT2D eigenvalue weighted by Gasteiger charge is -2.08. The number of rotatable bonds is 8. The topological polar surface area (TPSA) is 108 Å². The van der Waals surface area contributed by atoms with E-state index in [2.05, 4.69) is 5.32 Å². The molecule has 0 aliphatic heterocycles. The number of nitrogens with one attached hydrogen (secondary N) is 1. The second-order valence-corrected chi connectivity index (χ2v) is 5.27. The van der Waals surface area contributed by atoms with Gasteiger partial charge in [0.15, 0.2) is 12.4 Å². The molecule has 0 atom stereocenters. The molecule has 0 unspecified atom stereocenters. The molecule has 8 nitrogen and oxygen atoms in total. The van der Waals surface area contributed by atoms with Gasteiger partial charge in [0.2, 0.25) is 0 Å². The Kier molecular flexibility index (Phi) is 6.67. The van der Waals surface area contributed by atoms with Crippen molar-refractivity contribution in [1.29, 1.82) is 0 Å². The normalized spacial score (nSPS) is 10.0. The van der Waals surface area contributed by atoms with Crippen molar-refractivity contribution in [1.82, 2.24) is 0 Å². The van der Waals surface area contributed by atoms with Crippen molar-refractivity contribution in [3.05, 3.63) is 64.2 Å². The highest BCUT2D eigenvalue weighted by molar-refractivity contribution is 5.93. The van der Waals surface area contributed by atoms with Crippen molar-refractivity contribution >= 4 is 23.3 Å². The summed E-state index contributed by atoms with van der Waals surface area (Å²) in [5.41, 5.74) is 0.635. The average molecular weight is 358 g/mol. The summed E-state index contributed by atoms with van der Waals surface area (Å²) >= 11 is 0. The third-order valence-corrected chi connectivity index (χ3v) is 3.26. The fraction of sp³-hybridized carbons (Fsp3) is 0.222. The van der Waals surface area contributed by atoms with Gasteiger partial charge in [-0.25, -0.2) is 4.79 Å². The number of hydrogen-bond acceptors (Lipinski definition) is 6. The van der Waals surface area contributed by atoms with Crippen molar-refractivity contribution < 1.29 is 24.0 Å². The monoisotopic (exact) mass is 358 g/mol. The summed E-state index contributed by atoms with van der Waals surface area (Å²) < 4.78 is 10.2. The van der Waals surface area contributed by atoms with E-state index >= 15 is 0 Å². The molecule has 0 aliphatic carbocycles. The van der Waals surface area contributed by atoms with Crippen LogP contribution in [-0.2, 0) is 9.53 Å². The zero-order chi connectivity index (χ0) is 18.9. The van der Waals surface area contributed by atoms with Crippen LogP contribution >= 0.6 is 0 Å². The lowest BCUT2D eigenvalue weighted by molar-refractivity contribution is -0.385. The third-order valence-electron chi connectivity index (χ3n) is 3.26. The highest BCUT2D eigenvalue weighted by Gasteiger charge is 2.15. The molecule has 136 valence electrons. The number of anilines is 1. The van der Waals surface area contributed by atoms with Gasteiger partial charge >= 0.3 is 11.7 Å². The molecule has 26 heavy (non-hydrogen) atoms. The summed E-state index contributed by atoms with van der Waals surface area (Å²) in [5, 5.41) is 13.5. The Balaban J connectivity index is 1.90. The van der Waals surface area contributed by atoms with Crippen LogP contribution in [0, 0.1) is 10.1 Å². The Bertz CT molecular complexity index is 789. The number of esters is 1. The third kappa shape index (κ3) is 5.30. The largest absolute Gasteiger partial charge is 0.477 e. The highest BCUT2D eigenvalue weighted by atomic mass is 16.6. The number of ether oxygens (including phenoxy) is 2. The van der Waals surface area contributed by atoms with E-state index in [9.17, 15) is 19.7 Å². The van der Waals surface area contributed by atoms with E-state index < -0.39 is 16.8 Å². The molecule has 2 rings (SSSR count). The quantitative estimate of drug-likeness (QED) is 0.441. The van der Waals surface area contributed by atoms with Gasteiger partial charge in [-0.2, -0.15) is 0 Å². The predicted molar refractivity (Wildman–Crippen MR) is 94.2 cm³/mol. The number of nitro groups is 1. The highest BCUT2D eigenvalue weighted by Crippen LogP contribution is 2.25. The minimum atomic E-state index is -0.580. The molecular weight excluding hydrogens is 340 g/mol. The molecule has 2 aromatic carbocycles. The van der Waals surface area contributed by atoms with Crippen molar-refractivity contribution in [3.8, 4) is 5.75 Å². The van der Waals surface area contributed by atoms with Gasteiger partial charge < -0.3 is 14.8 Å². The second kappa shape index (κ2) is 9.16. The lowest BCUT2D eigenvalue weighted by atomic mass is 10.2. The molecular formula is C18H18N2O6. The number of carbonyl (C=O) groups is 2. The first-order valence-corrected chi connectivity index (χ1v) is 7.94. The van der Waals surface area contributed by atoms with Gasteiger partial charge in [0, 0.05) is 11.8 Å². The summed E-state index contributed by atoms with van der Waals surface area (Å²) in [4.78, 5) is 33.9. The van der Waals surface area contributed by atoms with Gasteiger partial charge in [0.05, 0.1) is 17.1 Å². The van der Waals surface area contributed by atoms with Gasteiger partial charge in [0.25, 0.3) is 5.91 Å². The molecule has 0 saturated heterocycles. The van der Waals surface area contributed by atoms with Crippen LogP contribution < -0.4 is 10.1 Å². The maximum atomic E-state index is 11.9. The first-order valence-electron chi connectivity index (χ1n) is 7.94. The zero-order valence-electron chi connectivity index (χ0n) is 14.1. The van der Waals surface area contributed by atoms with Crippen molar-refractivity contribution in [2.24, 2.45) is 0 Å². The summed E-state index contributed by atoms with van der Waals surface area (Å²) in [6.07, 6.45) is 0.736. The Morgan fingerprint density at radius 2 is 1.81 bits per heavy atom. The van der Waals surface area contributed by atoms with Crippen LogP contribution in [0.25, 0.3) is 0 Å². The van der Waals surface area contributed by atoms with Gasteiger partial charge in [-0.05, 0) is 36.8 Å². The molecule has 0 heterocycles. The number of amides is 1. The van der Waals surface area contributed by atoms with E-state index in [0.29, 0.717) is 17.9 Å². The minimum Gasteiger partial charge on any atom is -0.477 e. The van der Waals surface area contributed by atoms with Gasteiger partial charge in [0.1, 0.15) is 0 Å². The molecule has 8 heteroatoms. The lowest BCUT2D eigenvalue weighted by Crippen LogP contribution is -2.20. The van der Waals surface area contributed by atoms with E-state index in [1.807, 2.05) is 6.92 Å². The van der Waals surface area contributed by atoms with E-state index in [1.165, 1.54) is 30.3 Å². The van der Waals surface area contributed by atoms with Gasteiger partial charge in [-0.1, -0.05) is 19.1 Å². The van der Waals surface area contributed by atoms with Crippen molar-refractivity contribution in [2.75, 3.05) is 18.5 Å². The summed E-state index contributed by atoms with van der Waals surface area (Å²) in [5.74, 6) is -0.893. The number of nitro benzene ring substituents is 1. The van der Waals surface area contributed by atoms with Crippen LogP contribution in [0.5, 0.6) is 5.75 Å². The zero-order valence-corrected chi connectivity index (χ0v) is 14.1. The molecule has 0 aromatic heterocycles. The SMILES string of the molecule is CCCOC(=O)c1ccc(NC(=O)COc2ccccc2[N+](=O)[O-])cc1. The van der Waals surface area contributed by atoms with Crippen LogP contribution in [0.15, 0.2) is 48.5 Å². The number of carbonyl (C=O) groups excluding carboxylic acids is 2. The summed E-state index contributed by atoms with van der Waals surface area (Å²) in [7, 11) is 0. The first kappa shape index (κ1) is 18.9. The number of hydrogen-bond donors (Lipinski definition) is 1. The Labute approximate surface area is 149 Å². The second-order valence-electron chi connectivity index (χ2n) is 5.27. The molecule has 2 aromatic rings. The summed E-state index contributed by atoms with van der Waals surface area (Å²) in [6.45, 7) is 1.86. The number of nitrogens with zero attached hydrogens (tertiary/aromatic N) is 1. The standard InChI is InChI=1S/C18H18N2O6/c1-2-11-25-18(22)13-7-9-14(10-8-13)19-17(21)12-26-16-6-4-3-5-15(16)20(23)24/h3-10H,2,11-12H2,1H3,(H,19,21). The number of para-hydroxylation sites is 2. The van der Waals surface area contributed by atoms with Crippen molar-refractivity contribution in [2.45, 2.75) is 13.3 Å². The van der Waals surface area contributed by atoms with E-state index in [4.69, 9.17) is 9.47 Å². The van der Waals surface area contributed by atoms with Gasteiger partial charge in [-0.3, -0.25) is 14.9 Å². The predicted octanol–water partition coefficient (Wildman–Crippen LogP) is 3.18. The van der Waals surface area contributed by atoms with E-state index in [0.717, 1.165) is 6.42 Å². The van der Waals surface area contributed by atoms with E-state index in [-0.39, 0.29) is 18.0 Å². The van der Waals surface area contributed by atoms with Crippen LogP contribution in [0.4, 0.5) is 11.4 Å². The molecule has 0 saturated carbocycles. The molecule has 0 bridgehead atoms. The molecule has 1 amide bonds. The molecule has 0 spiro atoms. The first-order chi connectivity index (χ1) is 12.5. The Morgan fingerprint density at radius 3 is 2.46 bits per heavy atom. The van der Waals surface area contributed by atoms with Crippen LogP contribution in [0.1, 0.15) is 23.7 Å². The fourth-order valence-electron chi connectivity index (χ4n) is 2.04. The summed E-state index contributed by atoms with van der Waals surface area (Å²) in [6, 6.07) is 12.0. The Morgan fingerprint density at radius 1 is 1.12 bits per heavy atom. The van der Waals surface area contributed by atoms with Gasteiger partial charge in [-0.15, -0.1) is 0 Å². The maximum Gasteiger partial charge on any atom is 0.338 e. The minimum absolute atomic E-state index is 0.0154. The maximum absolute atomic E-state index is 11.9. The molecule has 0 aliphatic rings. The number of benzene rings is 2. The van der Waals surface area contributed by atoms with Crippen LogP contribution in [0.3, 0.4) is 0 Å². The van der Waals surface area contributed by atoms with E-state index in [1.54, 1.807) is 18.2 Å². The smallest absolute Gasteiger partial charge is 0.338 e. The Hall–Kier alpha value is -3.42. The average Bonchev–Trinajstić information content (AvgIpc) is 2.65. The van der Waals surface area contributed by atoms with Crippen molar-refractivity contribution in [3.63, 3.8) is 0 Å². The molecule has 0 radical (unpaired) electrons. The molecule has 1 N–H and O–H groups in total.